The standard InChI is InChI=1S/C34H33N3O4S3/c1-19-6-9-24(10-7-19)17-27-18-29-31(32(35-27)30-15-8-20(2)42-30)22(4)36-37(29)33(23(5)38)26-13-11-25(12-14-26)28-16-21(3)43-34(28)44(39,40)41/h6-16,18,23,33,38H,17H2,1-5H3,(H,39,40,41). The number of rotatable bonds is 8. The van der Waals surface area contributed by atoms with Gasteiger partial charge in [0.1, 0.15) is 6.04 Å². The molecule has 0 amide bonds. The first-order chi connectivity index (χ1) is 20.9. The Kier molecular flexibility index (Phi) is 8.06. The van der Waals surface area contributed by atoms with Crippen LogP contribution in [-0.2, 0) is 16.5 Å². The summed E-state index contributed by atoms with van der Waals surface area (Å²) in [6.07, 6.45) is -0.136. The number of aliphatic hydroxyl groups excluding tert-OH is 1. The molecule has 10 heteroatoms. The van der Waals surface area contributed by atoms with Crippen LogP contribution < -0.4 is 0 Å². The van der Waals surface area contributed by atoms with E-state index in [0.717, 1.165) is 60.2 Å². The molecule has 2 unspecified atom stereocenters. The van der Waals surface area contributed by atoms with Gasteiger partial charge in [0.2, 0.25) is 0 Å². The van der Waals surface area contributed by atoms with Gasteiger partial charge in [0, 0.05) is 27.4 Å². The van der Waals surface area contributed by atoms with Crippen LogP contribution >= 0.6 is 22.7 Å². The summed E-state index contributed by atoms with van der Waals surface area (Å²) in [4.78, 5) is 8.20. The van der Waals surface area contributed by atoms with E-state index < -0.39 is 22.3 Å². The molecule has 0 spiro atoms. The van der Waals surface area contributed by atoms with E-state index in [2.05, 4.69) is 56.3 Å². The summed E-state index contributed by atoms with van der Waals surface area (Å²) in [6, 6.07) is 23.4. The van der Waals surface area contributed by atoms with Crippen molar-refractivity contribution in [3.8, 4) is 21.7 Å². The zero-order valence-corrected chi connectivity index (χ0v) is 27.5. The van der Waals surface area contributed by atoms with Crippen molar-refractivity contribution < 1.29 is 18.1 Å². The van der Waals surface area contributed by atoms with Crippen molar-refractivity contribution in [2.24, 2.45) is 0 Å². The maximum absolute atomic E-state index is 12.0. The van der Waals surface area contributed by atoms with E-state index in [1.54, 1.807) is 31.3 Å². The van der Waals surface area contributed by atoms with Crippen LogP contribution in [0.25, 0.3) is 32.6 Å². The molecule has 0 aliphatic heterocycles. The predicted octanol–water partition coefficient (Wildman–Crippen LogP) is 7.93. The van der Waals surface area contributed by atoms with Crippen molar-refractivity contribution in [3.63, 3.8) is 0 Å². The van der Waals surface area contributed by atoms with Crippen LogP contribution in [0.15, 0.2) is 77.0 Å². The first kappa shape index (κ1) is 30.4. The summed E-state index contributed by atoms with van der Waals surface area (Å²) in [5.74, 6) is 0. The number of benzene rings is 2. The van der Waals surface area contributed by atoms with Gasteiger partial charge in [-0.1, -0.05) is 54.1 Å². The van der Waals surface area contributed by atoms with E-state index in [4.69, 9.17) is 10.1 Å². The third-order valence-electron chi connectivity index (χ3n) is 7.74. The Morgan fingerprint density at radius 1 is 0.886 bits per heavy atom. The highest BCUT2D eigenvalue weighted by molar-refractivity contribution is 7.88. The number of aliphatic hydroxyl groups is 1. The van der Waals surface area contributed by atoms with Crippen molar-refractivity contribution in [2.45, 2.75) is 57.4 Å². The Hall–Kier alpha value is -3.67. The third-order valence-corrected chi connectivity index (χ3v) is 11.2. The van der Waals surface area contributed by atoms with Crippen molar-refractivity contribution in [3.05, 3.63) is 111 Å². The minimum Gasteiger partial charge on any atom is -0.391 e. The Labute approximate surface area is 265 Å². The summed E-state index contributed by atoms with van der Waals surface area (Å²) in [5, 5.41) is 17.1. The largest absolute Gasteiger partial charge is 0.391 e. The Morgan fingerprint density at radius 2 is 1.59 bits per heavy atom. The topological polar surface area (TPSA) is 105 Å². The molecule has 0 saturated carbocycles. The zero-order chi connectivity index (χ0) is 31.3. The first-order valence-electron chi connectivity index (χ1n) is 14.3. The lowest BCUT2D eigenvalue weighted by atomic mass is 9.98. The summed E-state index contributed by atoms with van der Waals surface area (Å²) in [5.41, 5.74) is 7.81. The molecule has 7 nitrogen and oxygen atoms in total. The predicted molar refractivity (Wildman–Crippen MR) is 178 cm³/mol. The molecule has 2 atom stereocenters. The van der Waals surface area contributed by atoms with Crippen molar-refractivity contribution in [2.75, 3.05) is 0 Å². The van der Waals surface area contributed by atoms with Gasteiger partial charge in [-0.25, -0.2) is 0 Å². The highest BCUT2D eigenvalue weighted by Crippen LogP contribution is 2.39. The molecule has 0 saturated heterocycles. The van der Waals surface area contributed by atoms with Crippen LogP contribution in [0.2, 0.25) is 0 Å². The first-order valence-corrected chi connectivity index (χ1v) is 17.3. The van der Waals surface area contributed by atoms with Crippen molar-refractivity contribution >= 4 is 43.7 Å². The fourth-order valence-electron chi connectivity index (χ4n) is 5.71. The molecule has 44 heavy (non-hydrogen) atoms. The van der Waals surface area contributed by atoms with Gasteiger partial charge in [-0.15, -0.1) is 22.7 Å². The number of aryl methyl sites for hydroxylation is 4. The van der Waals surface area contributed by atoms with Gasteiger partial charge in [-0.05, 0) is 75.6 Å². The highest BCUT2D eigenvalue weighted by Gasteiger charge is 2.27. The van der Waals surface area contributed by atoms with E-state index in [9.17, 15) is 18.1 Å². The van der Waals surface area contributed by atoms with Gasteiger partial charge < -0.3 is 5.11 Å². The Bertz CT molecular complexity index is 2090. The Morgan fingerprint density at radius 3 is 2.20 bits per heavy atom. The molecular weight excluding hydrogens is 611 g/mol. The van der Waals surface area contributed by atoms with E-state index >= 15 is 0 Å². The van der Waals surface area contributed by atoms with E-state index in [1.165, 1.54) is 10.4 Å². The molecule has 6 aromatic rings. The molecule has 0 aliphatic carbocycles. The van der Waals surface area contributed by atoms with Crippen LogP contribution in [-0.4, -0.2) is 38.9 Å². The number of aromatic nitrogens is 3. The van der Waals surface area contributed by atoms with Gasteiger partial charge in [0.25, 0.3) is 0 Å². The van der Waals surface area contributed by atoms with E-state index in [-0.39, 0.29) is 4.21 Å². The third kappa shape index (κ3) is 5.88. The second-order valence-electron chi connectivity index (χ2n) is 11.3. The molecular formula is C34H33N3O4S3. The average molecular weight is 644 g/mol. The molecule has 0 bridgehead atoms. The zero-order valence-electron chi connectivity index (χ0n) is 25.1. The summed E-state index contributed by atoms with van der Waals surface area (Å²) < 4.78 is 35.6. The van der Waals surface area contributed by atoms with Crippen LogP contribution in [0, 0.1) is 27.7 Å². The molecule has 4 heterocycles. The lowest BCUT2D eigenvalue weighted by Crippen LogP contribution is -2.23. The minimum atomic E-state index is -4.36. The van der Waals surface area contributed by atoms with Crippen LogP contribution in [0.4, 0.5) is 0 Å². The maximum Gasteiger partial charge on any atom is 0.304 e. The molecule has 0 fully saturated rings. The number of hydrogen-bond donors (Lipinski definition) is 2. The van der Waals surface area contributed by atoms with Crippen molar-refractivity contribution in [1.82, 2.24) is 14.8 Å². The van der Waals surface area contributed by atoms with Gasteiger partial charge in [0.05, 0.1) is 33.3 Å². The summed E-state index contributed by atoms with van der Waals surface area (Å²) in [7, 11) is -4.36. The monoisotopic (exact) mass is 643 g/mol. The smallest absolute Gasteiger partial charge is 0.304 e. The fraction of sp³-hybridized carbons (Fsp3) is 0.235. The van der Waals surface area contributed by atoms with Crippen molar-refractivity contribution in [1.29, 1.82) is 0 Å². The second kappa shape index (κ2) is 11.7. The molecule has 0 radical (unpaired) electrons. The van der Waals surface area contributed by atoms with Gasteiger partial charge in [0.15, 0.2) is 4.21 Å². The average Bonchev–Trinajstić information content (AvgIpc) is 3.67. The van der Waals surface area contributed by atoms with Gasteiger partial charge >= 0.3 is 10.1 Å². The van der Waals surface area contributed by atoms with Crippen LogP contribution in [0.3, 0.4) is 0 Å². The molecule has 4 aromatic heterocycles. The minimum absolute atomic E-state index is 0.0755. The molecule has 6 rings (SSSR count). The summed E-state index contributed by atoms with van der Waals surface area (Å²) >= 11 is 2.74. The normalized spacial score (nSPS) is 13.4. The number of thiophene rings is 2. The number of nitrogens with zero attached hydrogens (tertiary/aromatic N) is 3. The fourth-order valence-corrected chi connectivity index (χ4v) is 8.60. The molecule has 2 aromatic carbocycles. The van der Waals surface area contributed by atoms with E-state index in [1.807, 2.05) is 35.9 Å². The Balaban J connectivity index is 1.49. The quantitative estimate of drug-likeness (QED) is 0.163. The molecule has 2 N–H and O–H groups in total. The summed E-state index contributed by atoms with van der Waals surface area (Å²) in [6.45, 7) is 9.69. The SMILES string of the molecule is Cc1ccc(Cc2cc3c(c(C)nn3C(c3ccc(-c4cc(C)sc4S(=O)(=O)O)cc3)C(C)O)c(-c3ccc(C)s3)n2)cc1. The molecule has 0 aliphatic rings. The van der Waals surface area contributed by atoms with Crippen LogP contribution in [0.1, 0.15) is 50.8 Å². The van der Waals surface area contributed by atoms with E-state index in [0.29, 0.717) is 17.5 Å². The number of hydrogen-bond acceptors (Lipinski definition) is 7. The van der Waals surface area contributed by atoms with Crippen LogP contribution in [0.5, 0.6) is 0 Å². The van der Waals surface area contributed by atoms with Gasteiger partial charge in [-0.2, -0.15) is 13.5 Å². The maximum atomic E-state index is 12.0. The lowest BCUT2D eigenvalue weighted by molar-refractivity contribution is 0.144. The lowest BCUT2D eigenvalue weighted by Gasteiger charge is -2.23. The second-order valence-corrected chi connectivity index (χ2v) is 15.5. The van der Waals surface area contributed by atoms with Gasteiger partial charge in [-0.3, -0.25) is 14.2 Å². The highest BCUT2D eigenvalue weighted by atomic mass is 32.3. The number of pyridine rings is 1. The molecule has 226 valence electrons. The number of fused-ring (bicyclic) bond motifs is 1.